The van der Waals surface area contributed by atoms with Gasteiger partial charge < -0.3 is 10.6 Å². The van der Waals surface area contributed by atoms with E-state index >= 15 is 0 Å². The van der Waals surface area contributed by atoms with E-state index in [1.165, 1.54) is 9.47 Å². The molecule has 7 heteroatoms. The normalized spacial score (nSPS) is 19.8. The van der Waals surface area contributed by atoms with Gasteiger partial charge in [-0.1, -0.05) is 34.6 Å². The number of hydrogen-bond donors (Lipinski definition) is 2. The summed E-state index contributed by atoms with van der Waals surface area (Å²) >= 11 is 0. The van der Waals surface area contributed by atoms with Crippen LogP contribution in [0.5, 0.6) is 0 Å². The summed E-state index contributed by atoms with van der Waals surface area (Å²) in [5.41, 5.74) is 5.12. The van der Waals surface area contributed by atoms with Gasteiger partial charge in [-0.2, -0.15) is 0 Å². The molecule has 3 N–H and O–H groups in total. The molecule has 1 aromatic heterocycles. The second-order valence-corrected chi connectivity index (χ2v) is 7.66. The molecule has 1 aliphatic carbocycles. The SMILES string of the molecule is CC(C)CN(C(=O)C1CC1C)c1c(N)n(CC(C)C)c(=O)[nH]c1=O. The zero-order chi connectivity index (χ0) is 18.2. The molecule has 2 atom stereocenters. The molecule has 0 aromatic carbocycles. The molecular weight excluding hydrogens is 308 g/mol. The molecule has 1 amide bonds. The molecule has 24 heavy (non-hydrogen) atoms. The van der Waals surface area contributed by atoms with Gasteiger partial charge in [-0.25, -0.2) is 4.79 Å². The number of nitrogens with one attached hydrogen (secondary N) is 1. The van der Waals surface area contributed by atoms with Gasteiger partial charge in [0.15, 0.2) is 5.69 Å². The molecule has 2 rings (SSSR count). The van der Waals surface area contributed by atoms with Crippen LogP contribution in [-0.4, -0.2) is 22.0 Å². The molecular formula is C17H28N4O3. The van der Waals surface area contributed by atoms with Crippen LogP contribution in [0.1, 0.15) is 41.0 Å². The van der Waals surface area contributed by atoms with E-state index in [-0.39, 0.29) is 35.2 Å². The van der Waals surface area contributed by atoms with Crippen molar-refractivity contribution in [2.24, 2.45) is 23.7 Å². The molecule has 0 saturated heterocycles. The van der Waals surface area contributed by atoms with Crippen molar-refractivity contribution in [3.8, 4) is 0 Å². The van der Waals surface area contributed by atoms with Crippen molar-refractivity contribution >= 4 is 17.4 Å². The molecule has 1 heterocycles. The van der Waals surface area contributed by atoms with Gasteiger partial charge in [-0.15, -0.1) is 0 Å². The summed E-state index contributed by atoms with van der Waals surface area (Å²) in [4.78, 5) is 41.1. The average Bonchev–Trinajstić information content (AvgIpc) is 3.17. The molecule has 0 spiro atoms. The van der Waals surface area contributed by atoms with E-state index in [2.05, 4.69) is 4.98 Å². The number of amides is 1. The number of nitrogens with zero attached hydrogens (tertiary/aromatic N) is 2. The van der Waals surface area contributed by atoms with E-state index in [1.54, 1.807) is 0 Å². The smallest absolute Gasteiger partial charge is 0.330 e. The first-order valence-corrected chi connectivity index (χ1v) is 8.57. The molecule has 1 fully saturated rings. The van der Waals surface area contributed by atoms with Crippen LogP contribution in [0.25, 0.3) is 0 Å². The highest BCUT2D eigenvalue weighted by Gasteiger charge is 2.43. The predicted molar refractivity (Wildman–Crippen MR) is 95.0 cm³/mol. The summed E-state index contributed by atoms with van der Waals surface area (Å²) in [5.74, 6) is 0.610. The highest BCUT2D eigenvalue weighted by Crippen LogP contribution is 2.40. The number of rotatable bonds is 6. The van der Waals surface area contributed by atoms with E-state index < -0.39 is 11.2 Å². The zero-order valence-electron chi connectivity index (χ0n) is 15.1. The summed E-state index contributed by atoms with van der Waals surface area (Å²) in [6.45, 7) is 10.7. The van der Waals surface area contributed by atoms with E-state index in [9.17, 15) is 14.4 Å². The van der Waals surface area contributed by atoms with Crippen molar-refractivity contribution < 1.29 is 4.79 Å². The fourth-order valence-corrected chi connectivity index (χ4v) is 2.91. The maximum atomic E-state index is 12.8. The fourth-order valence-electron chi connectivity index (χ4n) is 2.91. The lowest BCUT2D eigenvalue weighted by molar-refractivity contribution is -0.120. The second kappa shape index (κ2) is 6.83. The molecule has 134 valence electrons. The van der Waals surface area contributed by atoms with Gasteiger partial charge in [0.25, 0.3) is 5.56 Å². The summed E-state index contributed by atoms with van der Waals surface area (Å²) in [7, 11) is 0. The number of H-pyrrole nitrogens is 1. The van der Waals surface area contributed by atoms with E-state index in [0.29, 0.717) is 19.0 Å². The van der Waals surface area contributed by atoms with E-state index in [1.807, 2.05) is 34.6 Å². The number of anilines is 2. The van der Waals surface area contributed by atoms with E-state index in [4.69, 9.17) is 5.73 Å². The Morgan fingerprint density at radius 3 is 2.33 bits per heavy atom. The van der Waals surface area contributed by atoms with Gasteiger partial charge in [-0.05, 0) is 24.2 Å². The molecule has 0 bridgehead atoms. The van der Waals surface area contributed by atoms with Crippen LogP contribution in [0, 0.1) is 23.7 Å². The minimum atomic E-state index is -0.597. The Morgan fingerprint density at radius 2 is 1.88 bits per heavy atom. The van der Waals surface area contributed by atoms with Crippen LogP contribution < -0.4 is 21.9 Å². The monoisotopic (exact) mass is 336 g/mol. The summed E-state index contributed by atoms with van der Waals surface area (Å²) in [5, 5.41) is 0. The average molecular weight is 336 g/mol. The van der Waals surface area contributed by atoms with Crippen molar-refractivity contribution in [3.05, 3.63) is 20.8 Å². The maximum absolute atomic E-state index is 12.8. The van der Waals surface area contributed by atoms with Crippen molar-refractivity contribution in [2.45, 2.75) is 47.6 Å². The molecule has 0 radical (unpaired) electrons. The van der Waals surface area contributed by atoms with Crippen molar-refractivity contribution in [3.63, 3.8) is 0 Å². The molecule has 0 aliphatic heterocycles. The van der Waals surface area contributed by atoms with Crippen LogP contribution in [0.3, 0.4) is 0 Å². The topological polar surface area (TPSA) is 101 Å². The van der Waals surface area contributed by atoms with Crippen molar-refractivity contribution in [1.29, 1.82) is 0 Å². The lowest BCUT2D eigenvalue weighted by Crippen LogP contribution is -2.43. The van der Waals surface area contributed by atoms with Gasteiger partial charge in [0, 0.05) is 19.0 Å². The summed E-state index contributed by atoms with van der Waals surface area (Å²) in [6.07, 6.45) is 0.830. The van der Waals surface area contributed by atoms with Crippen molar-refractivity contribution in [2.75, 3.05) is 17.2 Å². The van der Waals surface area contributed by atoms with Crippen LogP contribution in [0.15, 0.2) is 9.59 Å². The summed E-state index contributed by atoms with van der Waals surface area (Å²) < 4.78 is 1.35. The first-order chi connectivity index (χ1) is 11.1. The van der Waals surface area contributed by atoms with Gasteiger partial charge in [-0.3, -0.25) is 19.1 Å². The van der Waals surface area contributed by atoms with Crippen LogP contribution in [0.2, 0.25) is 0 Å². The minimum absolute atomic E-state index is 0.0620. The maximum Gasteiger partial charge on any atom is 0.330 e. The largest absolute Gasteiger partial charge is 0.383 e. The highest BCUT2D eigenvalue weighted by molar-refractivity contribution is 5.98. The lowest BCUT2D eigenvalue weighted by Gasteiger charge is -2.26. The zero-order valence-corrected chi connectivity index (χ0v) is 15.1. The Morgan fingerprint density at radius 1 is 1.29 bits per heavy atom. The first-order valence-electron chi connectivity index (χ1n) is 8.57. The molecule has 7 nitrogen and oxygen atoms in total. The number of aromatic amines is 1. The third-order valence-corrected chi connectivity index (χ3v) is 4.27. The number of hydrogen-bond acceptors (Lipinski definition) is 4. The Labute approximate surface area is 141 Å². The fraction of sp³-hybridized carbons (Fsp3) is 0.706. The minimum Gasteiger partial charge on any atom is -0.383 e. The van der Waals surface area contributed by atoms with Gasteiger partial charge in [0.05, 0.1) is 0 Å². The van der Waals surface area contributed by atoms with Gasteiger partial charge >= 0.3 is 5.69 Å². The molecule has 1 saturated carbocycles. The Kier molecular flexibility index (Phi) is 5.20. The number of carbonyl (C=O) groups is 1. The third-order valence-electron chi connectivity index (χ3n) is 4.27. The third kappa shape index (κ3) is 3.71. The van der Waals surface area contributed by atoms with E-state index in [0.717, 1.165) is 6.42 Å². The summed E-state index contributed by atoms with van der Waals surface area (Å²) in [6, 6.07) is 0. The second-order valence-electron chi connectivity index (χ2n) is 7.66. The number of aromatic nitrogens is 2. The van der Waals surface area contributed by atoms with Crippen LogP contribution >= 0.6 is 0 Å². The van der Waals surface area contributed by atoms with Crippen LogP contribution in [-0.2, 0) is 11.3 Å². The van der Waals surface area contributed by atoms with Gasteiger partial charge in [0.1, 0.15) is 5.82 Å². The number of nitrogens with two attached hydrogens (primary N) is 1. The number of nitrogen functional groups attached to an aromatic ring is 1. The predicted octanol–water partition coefficient (Wildman–Crippen LogP) is 1.42. The molecule has 1 aromatic rings. The standard InChI is InChI=1S/C17H28N4O3/c1-9(2)7-20(16(23)12-6-11(12)5)13-14(18)21(8-10(3)4)17(24)19-15(13)22/h9-12H,6-8,18H2,1-5H3,(H,19,22,24). The quantitative estimate of drug-likeness (QED) is 0.820. The molecule has 1 aliphatic rings. The number of carbonyl (C=O) groups excluding carboxylic acids is 1. The Balaban J connectivity index is 2.54. The lowest BCUT2D eigenvalue weighted by atomic mass is 10.1. The molecule has 2 unspecified atom stereocenters. The first kappa shape index (κ1) is 18.3. The Bertz CT molecular complexity index is 732. The van der Waals surface area contributed by atoms with Crippen molar-refractivity contribution in [1.82, 2.24) is 9.55 Å². The van der Waals surface area contributed by atoms with Gasteiger partial charge in [0.2, 0.25) is 5.91 Å². The highest BCUT2D eigenvalue weighted by atomic mass is 16.2. The van der Waals surface area contributed by atoms with Crippen LogP contribution in [0.4, 0.5) is 11.5 Å². The Hall–Kier alpha value is -2.05.